The van der Waals surface area contributed by atoms with Gasteiger partial charge in [-0.3, -0.25) is 9.48 Å². The molecule has 1 N–H and O–H groups in total. The Morgan fingerprint density at radius 1 is 1.14 bits per heavy atom. The van der Waals surface area contributed by atoms with Gasteiger partial charge in [0.15, 0.2) is 23.1 Å². The smallest absolute Gasteiger partial charge is 0.293 e. The average Bonchev–Trinajstić information content (AvgIpc) is 3.60. The third kappa shape index (κ3) is 8.23. The summed E-state index contributed by atoms with van der Waals surface area (Å²) in [6.45, 7) is 6.51. The predicted molar refractivity (Wildman–Crippen MR) is 133 cm³/mol. The second-order valence-electron chi connectivity index (χ2n) is 7.25. The number of nitrogens with zero attached hydrogens (tertiary/aromatic N) is 2. The first kappa shape index (κ1) is 28.6. The molecule has 1 aliphatic rings. The summed E-state index contributed by atoms with van der Waals surface area (Å²) in [7, 11) is 3.26. The van der Waals surface area contributed by atoms with Crippen LogP contribution in [-0.4, -0.2) is 56.3 Å². The lowest BCUT2D eigenvalue weighted by atomic mass is 10.1. The van der Waals surface area contributed by atoms with Gasteiger partial charge >= 0.3 is 0 Å². The predicted octanol–water partition coefficient (Wildman–Crippen LogP) is 4.93. The Morgan fingerprint density at radius 2 is 1.94 bits per heavy atom. The Hall–Kier alpha value is -3.66. The van der Waals surface area contributed by atoms with E-state index in [2.05, 4.69) is 10.4 Å². The van der Waals surface area contributed by atoms with Crippen LogP contribution in [0.25, 0.3) is 11.3 Å². The minimum atomic E-state index is -0.827. The van der Waals surface area contributed by atoms with Crippen molar-refractivity contribution in [1.29, 1.82) is 0 Å². The van der Waals surface area contributed by atoms with E-state index >= 15 is 0 Å². The average molecular weight is 506 g/mol. The van der Waals surface area contributed by atoms with Crippen LogP contribution in [0.15, 0.2) is 48.7 Å². The molecule has 0 bridgehead atoms. The number of methoxy groups -OCH3 is 1. The first-order valence-electron chi connectivity index (χ1n) is 11.7. The van der Waals surface area contributed by atoms with Crippen molar-refractivity contribution in [2.45, 2.75) is 32.9 Å². The number of benzene rings is 2. The molecular formula is C26H33F2N3O5. The van der Waals surface area contributed by atoms with Crippen molar-refractivity contribution < 1.29 is 32.5 Å². The number of aromatic nitrogens is 2. The van der Waals surface area contributed by atoms with Gasteiger partial charge < -0.3 is 24.3 Å². The molecule has 1 aliphatic heterocycles. The highest BCUT2D eigenvalue weighted by Crippen LogP contribution is 2.34. The van der Waals surface area contributed by atoms with Crippen molar-refractivity contribution in [2.75, 3.05) is 39.3 Å². The van der Waals surface area contributed by atoms with Crippen LogP contribution in [0.1, 0.15) is 20.3 Å². The highest BCUT2D eigenvalue weighted by Gasteiger charge is 2.20. The second-order valence-corrected chi connectivity index (χ2v) is 7.25. The van der Waals surface area contributed by atoms with Gasteiger partial charge in [-0.05, 0) is 42.5 Å². The number of nitrogens with one attached hydrogen (secondary N) is 1. The van der Waals surface area contributed by atoms with Gasteiger partial charge in [0.25, 0.3) is 6.47 Å². The van der Waals surface area contributed by atoms with E-state index in [0.717, 1.165) is 36.4 Å². The second kappa shape index (κ2) is 15.4. The zero-order valence-corrected chi connectivity index (χ0v) is 21.0. The number of anilines is 1. The number of hydrogen-bond acceptors (Lipinski definition) is 7. The van der Waals surface area contributed by atoms with Crippen molar-refractivity contribution in [1.82, 2.24) is 9.78 Å². The molecule has 0 amide bonds. The van der Waals surface area contributed by atoms with E-state index < -0.39 is 11.6 Å². The summed E-state index contributed by atoms with van der Waals surface area (Å²) in [5, 5.41) is 6.96. The fraction of sp³-hybridized carbons (Fsp3) is 0.385. The molecule has 0 aliphatic carbocycles. The molecule has 196 valence electrons. The van der Waals surface area contributed by atoms with Crippen LogP contribution in [0.2, 0.25) is 0 Å². The monoisotopic (exact) mass is 505 g/mol. The SMILES string of the molecule is CC.CNc1ccc(F)c(F)c1.COc1ccc(-c2ccnn2CCOC=O)cc1OC1CCOC1. The fourth-order valence-corrected chi connectivity index (χ4v) is 3.31. The minimum Gasteiger partial charge on any atom is -0.493 e. The van der Waals surface area contributed by atoms with Crippen LogP contribution in [0, 0.1) is 11.6 Å². The van der Waals surface area contributed by atoms with Crippen molar-refractivity contribution >= 4 is 12.2 Å². The van der Waals surface area contributed by atoms with Crippen LogP contribution >= 0.6 is 0 Å². The molecule has 0 radical (unpaired) electrons. The summed E-state index contributed by atoms with van der Waals surface area (Å²) in [5.41, 5.74) is 2.44. The molecule has 2 heterocycles. The number of carbonyl (C=O) groups is 1. The topological polar surface area (TPSA) is 83.8 Å². The lowest BCUT2D eigenvalue weighted by molar-refractivity contribution is -0.128. The zero-order chi connectivity index (χ0) is 26.3. The summed E-state index contributed by atoms with van der Waals surface area (Å²) in [6, 6.07) is 11.3. The van der Waals surface area contributed by atoms with Crippen molar-refractivity contribution in [3.05, 3.63) is 60.3 Å². The molecule has 36 heavy (non-hydrogen) atoms. The Kier molecular flexibility index (Phi) is 12.2. The van der Waals surface area contributed by atoms with E-state index in [4.69, 9.17) is 18.9 Å². The molecular weight excluding hydrogens is 472 g/mol. The van der Waals surface area contributed by atoms with Gasteiger partial charge in [-0.25, -0.2) is 8.78 Å². The van der Waals surface area contributed by atoms with Crippen LogP contribution in [0.5, 0.6) is 11.5 Å². The molecule has 4 rings (SSSR count). The number of carbonyl (C=O) groups excluding carboxylic acids is 1. The first-order valence-corrected chi connectivity index (χ1v) is 11.7. The summed E-state index contributed by atoms with van der Waals surface area (Å²) in [6.07, 6.45) is 2.63. The Morgan fingerprint density at radius 3 is 2.58 bits per heavy atom. The summed E-state index contributed by atoms with van der Waals surface area (Å²) < 4.78 is 47.9. The van der Waals surface area contributed by atoms with Gasteiger partial charge in [0.05, 0.1) is 32.6 Å². The molecule has 3 aromatic rings. The molecule has 1 fully saturated rings. The summed E-state index contributed by atoms with van der Waals surface area (Å²) >= 11 is 0. The Balaban J connectivity index is 0.000000318. The van der Waals surface area contributed by atoms with Crippen molar-refractivity contribution in [3.63, 3.8) is 0 Å². The van der Waals surface area contributed by atoms with E-state index in [-0.39, 0.29) is 12.7 Å². The molecule has 1 saturated heterocycles. The van der Waals surface area contributed by atoms with Crippen molar-refractivity contribution in [3.8, 4) is 22.8 Å². The highest BCUT2D eigenvalue weighted by atomic mass is 19.2. The van der Waals surface area contributed by atoms with E-state index in [1.165, 1.54) is 6.07 Å². The maximum absolute atomic E-state index is 12.4. The van der Waals surface area contributed by atoms with Crippen LogP contribution in [-0.2, 0) is 20.8 Å². The molecule has 1 atom stereocenters. The van der Waals surface area contributed by atoms with Crippen LogP contribution in [0.3, 0.4) is 0 Å². The van der Waals surface area contributed by atoms with Gasteiger partial charge in [-0.15, -0.1) is 0 Å². The summed E-state index contributed by atoms with van der Waals surface area (Å²) in [5.74, 6) is -0.283. The number of hydrogen-bond donors (Lipinski definition) is 1. The Bertz CT molecular complexity index is 1070. The van der Waals surface area contributed by atoms with Gasteiger partial charge in [0, 0.05) is 30.9 Å². The van der Waals surface area contributed by atoms with Crippen molar-refractivity contribution in [2.24, 2.45) is 0 Å². The van der Waals surface area contributed by atoms with Gasteiger partial charge in [-0.1, -0.05) is 13.8 Å². The largest absolute Gasteiger partial charge is 0.493 e. The highest BCUT2D eigenvalue weighted by molar-refractivity contribution is 5.64. The molecule has 0 spiro atoms. The normalized spacial score (nSPS) is 14.0. The molecule has 2 aromatic carbocycles. The van der Waals surface area contributed by atoms with E-state index in [0.29, 0.717) is 36.8 Å². The van der Waals surface area contributed by atoms with Crippen LogP contribution < -0.4 is 14.8 Å². The van der Waals surface area contributed by atoms with Gasteiger partial charge in [0.2, 0.25) is 0 Å². The maximum atomic E-state index is 12.4. The maximum Gasteiger partial charge on any atom is 0.293 e. The summed E-state index contributed by atoms with van der Waals surface area (Å²) in [4.78, 5) is 10.3. The quantitative estimate of drug-likeness (QED) is 0.326. The van der Waals surface area contributed by atoms with Crippen LogP contribution in [0.4, 0.5) is 14.5 Å². The lowest BCUT2D eigenvalue weighted by Gasteiger charge is -2.16. The first-order chi connectivity index (χ1) is 17.5. The van der Waals surface area contributed by atoms with E-state index in [9.17, 15) is 13.6 Å². The van der Waals surface area contributed by atoms with E-state index in [1.54, 1.807) is 25.0 Å². The molecule has 1 unspecified atom stereocenters. The molecule has 8 nitrogen and oxygen atoms in total. The number of rotatable bonds is 9. The minimum absolute atomic E-state index is 0.0417. The third-order valence-electron chi connectivity index (χ3n) is 5.05. The molecule has 1 aromatic heterocycles. The third-order valence-corrected chi connectivity index (χ3v) is 5.05. The Labute approximate surface area is 210 Å². The number of ether oxygens (including phenoxy) is 4. The molecule has 0 saturated carbocycles. The van der Waals surface area contributed by atoms with Gasteiger partial charge in [0.1, 0.15) is 12.7 Å². The molecule has 10 heteroatoms. The lowest BCUT2D eigenvalue weighted by Crippen LogP contribution is -2.16. The fourth-order valence-electron chi connectivity index (χ4n) is 3.31. The zero-order valence-electron chi connectivity index (χ0n) is 21.0. The van der Waals surface area contributed by atoms with E-state index in [1.807, 2.05) is 38.1 Å². The van der Waals surface area contributed by atoms with Gasteiger partial charge in [-0.2, -0.15) is 5.10 Å². The number of halogens is 2. The standard InChI is InChI=1S/C17H20N2O5.C7H7F2N.C2H6/c1-21-16-3-2-13(10-17(16)24-14-5-8-22-11-14)15-4-6-18-19(15)7-9-23-12-20;1-10-5-2-3-6(8)7(9)4-5;1-2/h2-4,6,10,12,14H,5,7-9,11H2,1H3;2-4,10H,1H3;1-2H3.